The summed E-state index contributed by atoms with van der Waals surface area (Å²) in [4.78, 5) is 24.0. The number of rotatable bonds is 4. The van der Waals surface area contributed by atoms with Crippen LogP contribution in [-0.4, -0.2) is 33.2 Å². The molecule has 1 atom stereocenters. The van der Waals surface area contributed by atoms with Gasteiger partial charge in [0.25, 0.3) is 0 Å². The third-order valence-corrected chi connectivity index (χ3v) is 3.68. The quantitative estimate of drug-likeness (QED) is 0.858. The molecule has 1 amide bonds. The van der Waals surface area contributed by atoms with Gasteiger partial charge in [-0.25, -0.2) is 4.79 Å². The van der Waals surface area contributed by atoms with Crippen LogP contribution in [-0.2, 0) is 14.3 Å². The van der Waals surface area contributed by atoms with Crippen molar-refractivity contribution in [2.75, 3.05) is 21.3 Å². The molecule has 0 aliphatic carbocycles. The Kier molecular flexibility index (Phi) is 4.70. The van der Waals surface area contributed by atoms with Gasteiger partial charge in [-0.15, -0.1) is 0 Å². The Morgan fingerprint density at radius 1 is 1.23 bits per heavy atom. The van der Waals surface area contributed by atoms with Crippen molar-refractivity contribution in [2.24, 2.45) is 0 Å². The highest BCUT2D eigenvalue weighted by Gasteiger charge is 2.34. The second-order valence-corrected chi connectivity index (χ2v) is 4.92. The lowest BCUT2D eigenvalue weighted by molar-refractivity contribution is -0.136. The molecule has 0 spiro atoms. The molecule has 2 rings (SSSR count). The van der Waals surface area contributed by atoms with E-state index in [9.17, 15) is 9.59 Å². The lowest BCUT2D eigenvalue weighted by Crippen LogP contribution is -2.34. The molecule has 0 saturated heterocycles. The Hall–Kier alpha value is -2.50. The Bertz CT molecular complexity index is 635. The van der Waals surface area contributed by atoms with Crippen LogP contribution in [0, 0.1) is 0 Å². The number of benzene rings is 1. The summed E-state index contributed by atoms with van der Waals surface area (Å²) in [6.45, 7) is 1.68. The van der Waals surface area contributed by atoms with Crippen molar-refractivity contribution < 1.29 is 23.8 Å². The van der Waals surface area contributed by atoms with Crippen LogP contribution < -0.4 is 14.8 Å². The number of carbonyl (C=O) groups excluding carboxylic acids is 2. The Morgan fingerprint density at radius 3 is 2.55 bits per heavy atom. The maximum atomic E-state index is 12.1. The molecule has 118 valence electrons. The van der Waals surface area contributed by atoms with Crippen LogP contribution in [0.15, 0.2) is 29.5 Å². The van der Waals surface area contributed by atoms with Gasteiger partial charge in [0.05, 0.1) is 26.9 Å². The van der Waals surface area contributed by atoms with Gasteiger partial charge in [-0.1, -0.05) is 12.1 Å². The molecular weight excluding hydrogens is 286 g/mol. The third-order valence-electron chi connectivity index (χ3n) is 3.68. The molecule has 0 saturated carbocycles. The summed E-state index contributed by atoms with van der Waals surface area (Å²) in [5.41, 5.74) is 1.64. The number of esters is 1. The number of allylic oxidation sites excluding steroid dienone is 1. The number of ether oxygens (including phenoxy) is 3. The van der Waals surface area contributed by atoms with E-state index < -0.39 is 11.9 Å². The van der Waals surface area contributed by atoms with E-state index in [4.69, 9.17) is 14.2 Å². The Labute approximate surface area is 129 Å². The molecule has 0 fully saturated rings. The minimum absolute atomic E-state index is 0.144. The molecule has 1 N–H and O–H groups in total. The highest BCUT2D eigenvalue weighted by molar-refractivity contribution is 5.96. The van der Waals surface area contributed by atoms with Crippen molar-refractivity contribution >= 4 is 11.9 Å². The van der Waals surface area contributed by atoms with E-state index >= 15 is 0 Å². The number of carbonyl (C=O) groups is 2. The van der Waals surface area contributed by atoms with Crippen LogP contribution in [0.4, 0.5) is 0 Å². The summed E-state index contributed by atoms with van der Waals surface area (Å²) < 4.78 is 15.6. The predicted molar refractivity (Wildman–Crippen MR) is 79.8 cm³/mol. The number of nitrogens with one attached hydrogen (secondary N) is 1. The summed E-state index contributed by atoms with van der Waals surface area (Å²) in [6.07, 6.45) is 0.144. The maximum absolute atomic E-state index is 12.1. The van der Waals surface area contributed by atoms with Gasteiger partial charge in [0.2, 0.25) is 5.91 Å². The van der Waals surface area contributed by atoms with Gasteiger partial charge < -0.3 is 19.5 Å². The van der Waals surface area contributed by atoms with Crippen molar-refractivity contribution in [3.8, 4) is 11.5 Å². The van der Waals surface area contributed by atoms with Gasteiger partial charge in [-0.05, 0) is 13.0 Å². The minimum Gasteiger partial charge on any atom is -0.493 e. The molecule has 22 heavy (non-hydrogen) atoms. The van der Waals surface area contributed by atoms with Crippen molar-refractivity contribution in [3.05, 3.63) is 35.0 Å². The number of methoxy groups -OCH3 is 3. The second-order valence-electron chi connectivity index (χ2n) is 4.92. The van der Waals surface area contributed by atoms with E-state index in [0.29, 0.717) is 22.8 Å². The topological polar surface area (TPSA) is 73.9 Å². The van der Waals surface area contributed by atoms with Crippen LogP contribution in [0.1, 0.15) is 24.8 Å². The molecule has 0 bridgehead atoms. The zero-order chi connectivity index (χ0) is 16.3. The molecular formula is C16H19NO5. The average Bonchev–Trinajstić information content (AvgIpc) is 2.52. The van der Waals surface area contributed by atoms with E-state index in [1.807, 2.05) is 6.07 Å². The summed E-state index contributed by atoms with van der Waals surface area (Å²) in [6, 6.07) is 5.38. The van der Waals surface area contributed by atoms with Crippen LogP contribution in [0.2, 0.25) is 0 Å². The summed E-state index contributed by atoms with van der Waals surface area (Å²) >= 11 is 0. The van der Waals surface area contributed by atoms with Crippen LogP contribution in [0.5, 0.6) is 11.5 Å². The first kappa shape index (κ1) is 15.9. The van der Waals surface area contributed by atoms with Crippen LogP contribution >= 0.6 is 0 Å². The van der Waals surface area contributed by atoms with Crippen LogP contribution in [0.25, 0.3) is 0 Å². The van der Waals surface area contributed by atoms with Crippen molar-refractivity contribution in [1.82, 2.24) is 5.32 Å². The predicted octanol–water partition coefficient (Wildman–Crippen LogP) is 1.75. The molecule has 1 heterocycles. The summed E-state index contributed by atoms with van der Waals surface area (Å²) in [7, 11) is 4.38. The molecule has 0 aromatic heterocycles. The lowest BCUT2D eigenvalue weighted by Gasteiger charge is -2.27. The van der Waals surface area contributed by atoms with Crippen molar-refractivity contribution in [3.63, 3.8) is 0 Å². The average molecular weight is 305 g/mol. The van der Waals surface area contributed by atoms with E-state index in [2.05, 4.69) is 5.32 Å². The van der Waals surface area contributed by atoms with Gasteiger partial charge in [-0.3, -0.25) is 4.79 Å². The largest absolute Gasteiger partial charge is 0.493 e. The first-order chi connectivity index (χ1) is 10.5. The fourth-order valence-electron chi connectivity index (χ4n) is 2.73. The zero-order valence-electron chi connectivity index (χ0n) is 13.1. The highest BCUT2D eigenvalue weighted by atomic mass is 16.5. The SMILES string of the molecule is COC(=O)C1=C(C)NC(=O)C[C@H]1c1cccc(OC)c1OC. The highest BCUT2D eigenvalue weighted by Crippen LogP contribution is 2.42. The monoisotopic (exact) mass is 305 g/mol. The Balaban J connectivity index is 2.60. The van der Waals surface area contributed by atoms with Gasteiger partial charge in [0.1, 0.15) is 0 Å². The Morgan fingerprint density at radius 2 is 1.95 bits per heavy atom. The minimum atomic E-state index is -0.465. The van der Waals surface area contributed by atoms with Crippen molar-refractivity contribution in [2.45, 2.75) is 19.3 Å². The smallest absolute Gasteiger partial charge is 0.336 e. The summed E-state index contributed by atoms with van der Waals surface area (Å²) in [5, 5.41) is 2.68. The molecule has 0 radical (unpaired) electrons. The lowest BCUT2D eigenvalue weighted by atomic mass is 9.84. The number of hydrogen-bond acceptors (Lipinski definition) is 5. The molecule has 1 aromatic rings. The number of hydrogen-bond donors (Lipinski definition) is 1. The van der Waals surface area contributed by atoms with E-state index in [0.717, 1.165) is 5.56 Å². The van der Waals surface area contributed by atoms with Crippen molar-refractivity contribution in [1.29, 1.82) is 0 Å². The molecule has 0 unspecified atom stereocenters. The molecule has 1 aromatic carbocycles. The molecule has 1 aliphatic rings. The first-order valence-electron chi connectivity index (χ1n) is 6.83. The normalized spacial score (nSPS) is 17.8. The zero-order valence-corrected chi connectivity index (χ0v) is 13.1. The molecule has 1 aliphatic heterocycles. The first-order valence-corrected chi connectivity index (χ1v) is 6.83. The fourth-order valence-corrected chi connectivity index (χ4v) is 2.73. The standard InChI is InChI=1S/C16H19NO5/c1-9-14(16(19)22-4)11(8-13(18)17-9)10-6-5-7-12(20-2)15(10)21-3/h5-7,11H,8H2,1-4H3,(H,17,18)/t11-/m0/s1. The van der Waals surface area contributed by atoms with E-state index in [1.54, 1.807) is 19.1 Å². The van der Waals surface area contributed by atoms with Gasteiger partial charge in [0, 0.05) is 23.6 Å². The number of para-hydroxylation sites is 1. The second kappa shape index (κ2) is 6.51. The fraction of sp³-hybridized carbons (Fsp3) is 0.375. The number of amides is 1. The van der Waals surface area contributed by atoms with E-state index in [1.165, 1.54) is 21.3 Å². The third kappa shape index (κ3) is 2.77. The molecule has 6 nitrogen and oxygen atoms in total. The van der Waals surface area contributed by atoms with Gasteiger partial charge >= 0.3 is 5.97 Å². The molecule has 6 heteroatoms. The van der Waals surface area contributed by atoms with Gasteiger partial charge in [-0.2, -0.15) is 0 Å². The maximum Gasteiger partial charge on any atom is 0.336 e. The van der Waals surface area contributed by atoms with Gasteiger partial charge in [0.15, 0.2) is 11.5 Å². The summed E-state index contributed by atoms with van der Waals surface area (Å²) in [5.74, 6) is 0.00500. The van der Waals surface area contributed by atoms with Crippen LogP contribution in [0.3, 0.4) is 0 Å². The van der Waals surface area contributed by atoms with E-state index in [-0.39, 0.29) is 12.3 Å².